The van der Waals surface area contributed by atoms with Crippen LogP contribution in [0.5, 0.6) is 0 Å². The first kappa shape index (κ1) is 9.80. The van der Waals surface area contributed by atoms with Crippen LogP contribution in [0.4, 0.5) is 0 Å². The molecule has 13 heavy (non-hydrogen) atoms. The first-order chi connectivity index (χ1) is 6.33. The minimum Gasteiger partial charge on any atom is -0.374 e. The summed E-state index contributed by atoms with van der Waals surface area (Å²) in [7, 11) is 0. The lowest BCUT2D eigenvalue weighted by molar-refractivity contribution is 0.313. The van der Waals surface area contributed by atoms with Crippen molar-refractivity contribution in [1.29, 1.82) is 0 Å². The van der Waals surface area contributed by atoms with Crippen molar-refractivity contribution < 1.29 is 4.84 Å². The van der Waals surface area contributed by atoms with Crippen molar-refractivity contribution >= 4 is 6.02 Å². The molecule has 1 atom stereocenters. The number of nitrogens with two attached hydrogens (primary N) is 2. The second kappa shape index (κ2) is 5.37. The maximum absolute atomic E-state index is 5.26. The van der Waals surface area contributed by atoms with Crippen molar-refractivity contribution in [1.82, 2.24) is 0 Å². The van der Waals surface area contributed by atoms with E-state index >= 15 is 0 Å². The van der Waals surface area contributed by atoms with Gasteiger partial charge >= 0.3 is 6.02 Å². The third-order valence-electron chi connectivity index (χ3n) is 1.96. The van der Waals surface area contributed by atoms with E-state index in [1.54, 1.807) is 0 Å². The lowest BCUT2D eigenvalue weighted by Gasteiger charge is -2.10. The standard InChI is InChI=1S/C9H15N3O/c10-9(13-11)12-7-6-8-4-2-1-3-5-8/h1-4,8H,5-7,11H2,(H2,10,12). The average Bonchev–Trinajstić information content (AvgIpc) is 2.19. The van der Waals surface area contributed by atoms with E-state index in [0.717, 1.165) is 12.8 Å². The Kier molecular flexibility index (Phi) is 4.05. The maximum atomic E-state index is 5.26. The first-order valence-corrected chi connectivity index (χ1v) is 4.33. The van der Waals surface area contributed by atoms with Crippen LogP contribution in [0.15, 0.2) is 29.3 Å². The zero-order chi connectivity index (χ0) is 9.52. The van der Waals surface area contributed by atoms with Crippen LogP contribution in [0.3, 0.4) is 0 Å². The predicted molar refractivity (Wildman–Crippen MR) is 52.8 cm³/mol. The van der Waals surface area contributed by atoms with Gasteiger partial charge in [0, 0.05) is 6.54 Å². The van der Waals surface area contributed by atoms with Gasteiger partial charge in [0.1, 0.15) is 0 Å². The summed E-state index contributed by atoms with van der Waals surface area (Å²) in [4.78, 5) is 8.16. The normalized spacial score (nSPS) is 21.9. The van der Waals surface area contributed by atoms with Crippen molar-refractivity contribution in [2.24, 2.45) is 22.5 Å². The van der Waals surface area contributed by atoms with E-state index in [0.29, 0.717) is 12.5 Å². The molecule has 72 valence electrons. The number of hydrogen-bond donors (Lipinski definition) is 2. The van der Waals surface area contributed by atoms with Crippen molar-refractivity contribution in [3.8, 4) is 0 Å². The second-order valence-electron chi connectivity index (χ2n) is 2.94. The van der Waals surface area contributed by atoms with E-state index in [2.05, 4.69) is 34.1 Å². The SMILES string of the molecule is NOC(N)=NCCC1C=CC=CC1. The van der Waals surface area contributed by atoms with Gasteiger partial charge in [-0.05, 0) is 18.8 Å². The summed E-state index contributed by atoms with van der Waals surface area (Å²) < 4.78 is 0. The molecule has 0 heterocycles. The van der Waals surface area contributed by atoms with Gasteiger partial charge < -0.3 is 10.6 Å². The molecule has 0 aromatic rings. The molecule has 0 saturated heterocycles. The van der Waals surface area contributed by atoms with E-state index in [-0.39, 0.29) is 6.02 Å². The Morgan fingerprint density at radius 3 is 3.00 bits per heavy atom. The number of allylic oxidation sites excluding steroid dienone is 4. The summed E-state index contributed by atoms with van der Waals surface area (Å²) in [6.45, 7) is 0.659. The fourth-order valence-electron chi connectivity index (χ4n) is 1.22. The minimum atomic E-state index is 0.0512. The molecule has 0 amide bonds. The van der Waals surface area contributed by atoms with Gasteiger partial charge in [-0.15, -0.1) is 0 Å². The molecule has 0 radical (unpaired) electrons. The molecule has 4 nitrogen and oxygen atoms in total. The van der Waals surface area contributed by atoms with E-state index in [4.69, 9.17) is 11.6 Å². The Morgan fingerprint density at radius 1 is 1.54 bits per heavy atom. The topological polar surface area (TPSA) is 73.6 Å². The third-order valence-corrected chi connectivity index (χ3v) is 1.96. The van der Waals surface area contributed by atoms with Crippen LogP contribution < -0.4 is 11.6 Å². The highest BCUT2D eigenvalue weighted by atomic mass is 16.6. The Hall–Kier alpha value is -1.29. The van der Waals surface area contributed by atoms with Crippen LogP contribution in [0.1, 0.15) is 12.8 Å². The van der Waals surface area contributed by atoms with Gasteiger partial charge in [0.2, 0.25) is 0 Å². The van der Waals surface area contributed by atoms with Crippen LogP contribution in [0.25, 0.3) is 0 Å². The molecule has 0 aliphatic heterocycles. The van der Waals surface area contributed by atoms with Crippen LogP contribution in [0.2, 0.25) is 0 Å². The van der Waals surface area contributed by atoms with Gasteiger partial charge in [-0.1, -0.05) is 24.3 Å². The molecule has 0 aromatic carbocycles. The van der Waals surface area contributed by atoms with Crippen LogP contribution in [-0.4, -0.2) is 12.6 Å². The number of hydrogen-bond acceptors (Lipinski definition) is 3. The van der Waals surface area contributed by atoms with Crippen LogP contribution in [-0.2, 0) is 4.84 Å². The van der Waals surface area contributed by atoms with Gasteiger partial charge in [0.15, 0.2) is 0 Å². The molecule has 0 saturated carbocycles. The van der Waals surface area contributed by atoms with Gasteiger partial charge in [0.25, 0.3) is 0 Å². The Bertz CT molecular complexity index is 233. The Balaban J connectivity index is 2.19. The smallest absolute Gasteiger partial charge is 0.301 e. The fraction of sp³-hybridized carbons (Fsp3) is 0.444. The molecule has 0 fully saturated rings. The Morgan fingerprint density at radius 2 is 2.38 bits per heavy atom. The molecule has 1 rings (SSSR count). The molecular formula is C9H15N3O. The molecular weight excluding hydrogens is 166 g/mol. The summed E-state index contributed by atoms with van der Waals surface area (Å²) in [5.74, 6) is 5.38. The molecule has 4 heteroatoms. The molecule has 0 bridgehead atoms. The summed E-state index contributed by atoms with van der Waals surface area (Å²) in [5, 5.41) is 0. The molecule has 0 aromatic heterocycles. The highest BCUT2D eigenvalue weighted by molar-refractivity contribution is 5.70. The lowest BCUT2D eigenvalue weighted by Crippen LogP contribution is -2.20. The highest BCUT2D eigenvalue weighted by Crippen LogP contribution is 2.14. The summed E-state index contributed by atoms with van der Waals surface area (Å²) in [6.07, 6.45) is 10.5. The molecule has 1 aliphatic rings. The number of nitrogens with zero attached hydrogens (tertiary/aromatic N) is 1. The lowest BCUT2D eigenvalue weighted by atomic mass is 9.98. The second-order valence-corrected chi connectivity index (χ2v) is 2.94. The highest BCUT2D eigenvalue weighted by Gasteiger charge is 2.03. The number of aliphatic imine (C=N–C) groups is 1. The zero-order valence-corrected chi connectivity index (χ0v) is 7.52. The van der Waals surface area contributed by atoms with Crippen molar-refractivity contribution in [2.45, 2.75) is 12.8 Å². The van der Waals surface area contributed by atoms with E-state index in [1.165, 1.54) is 0 Å². The predicted octanol–water partition coefficient (Wildman–Crippen LogP) is 0.714. The fourth-order valence-corrected chi connectivity index (χ4v) is 1.22. The first-order valence-electron chi connectivity index (χ1n) is 4.33. The summed E-state index contributed by atoms with van der Waals surface area (Å²) in [5.41, 5.74) is 5.26. The maximum Gasteiger partial charge on any atom is 0.301 e. The monoisotopic (exact) mass is 181 g/mol. The van der Waals surface area contributed by atoms with Crippen molar-refractivity contribution in [3.05, 3.63) is 24.3 Å². The van der Waals surface area contributed by atoms with Crippen LogP contribution in [0, 0.1) is 5.92 Å². The largest absolute Gasteiger partial charge is 0.374 e. The molecule has 1 aliphatic carbocycles. The third kappa shape index (κ3) is 3.75. The molecule has 1 unspecified atom stereocenters. The molecule has 4 N–H and O–H groups in total. The number of amidine groups is 1. The van der Waals surface area contributed by atoms with E-state index < -0.39 is 0 Å². The zero-order valence-electron chi connectivity index (χ0n) is 7.52. The average molecular weight is 181 g/mol. The molecule has 0 spiro atoms. The van der Waals surface area contributed by atoms with Crippen LogP contribution >= 0.6 is 0 Å². The summed E-state index contributed by atoms with van der Waals surface area (Å²) in [6, 6.07) is 0.0512. The van der Waals surface area contributed by atoms with Crippen molar-refractivity contribution in [2.75, 3.05) is 6.54 Å². The van der Waals surface area contributed by atoms with Gasteiger partial charge in [-0.2, -0.15) is 5.90 Å². The van der Waals surface area contributed by atoms with Gasteiger partial charge in [-0.3, -0.25) is 0 Å². The quantitative estimate of drug-likeness (QED) is 0.382. The van der Waals surface area contributed by atoms with Crippen molar-refractivity contribution in [3.63, 3.8) is 0 Å². The number of rotatable bonds is 3. The van der Waals surface area contributed by atoms with E-state index in [9.17, 15) is 0 Å². The minimum absolute atomic E-state index is 0.0512. The Labute approximate surface area is 77.9 Å². The van der Waals surface area contributed by atoms with Gasteiger partial charge in [0.05, 0.1) is 0 Å². The van der Waals surface area contributed by atoms with Gasteiger partial charge in [-0.25, -0.2) is 4.99 Å². The van der Waals surface area contributed by atoms with E-state index in [1.807, 2.05) is 0 Å². The summed E-state index contributed by atoms with van der Waals surface area (Å²) >= 11 is 0.